The topological polar surface area (TPSA) is 385 Å². The zero-order valence-electron chi connectivity index (χ0n) is 35.8. The lowest BCUT2D eigenvalue weighted by molar-refractivity contribution is -0.142. The molecule has 22 nitrogen and oxygen atoms in total. The fraction of sp³-hybridized carbons (Fsp3) is 0.500. The Balaban J connectivity index is 2.40. The number of aromatic hydroxyl groups is 2. The number of carbonyl (C=O) groups is 9. The van der Waals surface area contributed by atoms with Gasteiger partial charge in [-0.1, -0.05) is 38.1 Å². The molecule has 0 spiro atoms. The molecule has 0 unspecified atom stereocenters. The molecule has 2 rings (SSSR count). The Labute approximate surface area is 369 Å². The first kappa shape index (κ1) is 53.3. The molecule has 0 radical (unpaired) electrons. The van der Waals surface area contributed by atoms with E-state index in [0.29, 0.717) is 30.4 Å². The Bertz CT molecular complexity index is 1910. The standard InChI is InChI=1S/C42H61N9O13/c1-23(2)19-28(44)37(58)46-22-35(55)47-29(5-3-4-18-43)38(59)50-32(20-24-6-10-26(52)11-7-24)41(62)49-31(15-17-36(56)57)39(60)48-30(14-16-34(45)54)40(61)51-33(42(63)64)21-25-8-12-27(53)13-9-25/h6-13,23,28-33,52-53H,3-5,14-22,43-44H2,1-2H3,(H2,45,54)(H,46,58)(H,47,55)(H,48,60)(H,49,62)(H,50,59)(H,51,61)(H,56,57)(H,63,64)/t28-,29-,30-,31-,32-,33-/m0/s1. The van der Waals surface area contributed by atoms with Crippen LogP contribution in [0.1, 0.15) is 76.3 Å². The third-order valence-electron chi connectivity index (χ3n) is 9.68. The largest absolute Gasteiger partial charge is 0.508 e. The smallest absolute Gasteiger partial charge is 0.326 e. The highest BCUT2D eigenvalue weighted by atomic mass is 16.4. The van der Waals surface area contributed by atoms with Crippen molar-refractivity contribution in [1.29, 1.82) is 0 Å². The van der Waals surface area contributed by atoms with Crippen molar-refractivity contribution in [2.45, 2.75) is 114 Å². The van der Waals surface area contributed by atoms with Crippen molar-refractivity contribution in [2.75, 3.05) is 13.1 Å². The minimum atomic E-state index is -1.69. The molecular weight excluding hydrogens is 839 g/mol. The molecule has 2 aromatic rings. The van der Waals surface area contributed by atoms with Gasteiger partial charge in [-0.3, -0.25) is 38.4 Å². The molecule has 0 heterocycles. The summed E-state index contributed by atoms with van der Waals surface area (Å²) in [5.74, 6) is -9.11. The molecule has 6 atom stereocenters. The number of nitrogens with two attached hydrogens (primary N) is 3. The third-order valence-corrected chi connectivity index (χ3v) is 9.68. The van der Waals surface area contributed by atoms with Gasteiger partial charge in [-0.05, 0) is 86.4 Å². The molecule has 64 heavy (non-hydrogen) atoms. The lowest BCUT2D eigenvalue weighted by atomic mass is 10.0. The molecule has 0 aliphatic heterocycles. The van der Waals surface area contributed by atoms with E-state index in [1.807, 2.05) is 13.8 Å². The Hall–Kier alpha value is -6.81. The number of aliphatic carboxylic acids is 2. The quantitative estimate of drug-likeness (QED) is 0.0398. The Morgan fingerprint density at radius 3 is 1.47 bits per heavy atom. The predicted octanol–water partition coefficient (Wildman–Crippen LogP) is -1.86. The van der Waals surface area contributed by atoms with Crippen molar-refractivity contribution in [2.24, 2.45) is 23.1 Å². The number of phenols is 2. The van der Waals surface area contributed by atoms with Gasteiger partial charge in [0.05, 0.1) is 12.6 Å². The highest BCUT2D eigenvalue weighted by molar-refractivity contribution is 5.97. The van der Waals surface area contributed by atoms with Gasteiger partial charge in [0.1, 0.15) is 41.7 Å². The van der Waals surface area contributed by atoms with E-state index in [1.54, 1.807) is 0 Å². The number of hydrogen-bond donors (Lipinski definition) is 13. The van der Waals surface area contributed by atoms with Crippen LogP contribution in [0.3, 0.4) is 0 Å². The number of primary amides is 1. The van der Waals surface area contributed by atoms with Gasteiger partial charge in [-0.25, -0.2) is 4.79 Å². The number of carbonyl (C=O) groups excluding carboxylic acids is 7. The maximum Gasteiger partial charge on any atom is 0.326 e. The van der Waals surface area contributed by atoms with Gasteiger partial charge in [-0.2, -0.15) is 0 Å². The van der Waals surface area contributed by atoms with Gasteiger partial charge in [0.25, 0.3) is 0 Å². The van der Waals surface area contributed by atoms with Crippen LogP contribution < -0.4 is 49.1 Å². The van der Waals surface area contributed by atoms with Crippen LogP contribution in [0.2, 0.25) is 0 Å². The van der Waals surface area contributed by atoms with E-state index >= 15 is 0 Å². The Kier molecular flexibility index (Phi) is 22.7. The SMILES string of the molecule is CC(C)C[C@H](N)C(=O)NCC(=O)N[C@@H](CCCCN)C(=O)N[C@@H](Cc1ccc(O)cc1)C(=O)N[C@@H](CCC(=O)O)C(=O)N[C@@H](CCC(N)=O)C(=O)N[C@@H](Cc1ccc(O)cc1)C(=O)O. The summed E-state index contributed by atoms with van der Waals surface area (Å²) in [6.07, 6.45) is -1.35. The molecule has 0 bridgehead atoms. The van der Waals surface area contributed by atoms with E-state index in [0.717, 1.165) is 0 Å². The molecule has 0 aliphatic rings. The van der Waals surface area contributed by atoms with Crippen LogP contribution in [0.4, 0.5) is 0 Å². The number of unbranched alkanes of at least 4 members (excludes halogenated alkanes) is 1. The van der Waals surface area contributed by atoms with Crippen LogP contribution in [0.5, 0.6) is 11.5 Å². The molecular formula is C42H61N9O13. The summed E-state index contributed by atoms with van der Waals surface area (Å²) < 4.78 is 0. The summed E-state index contributed by atoms with van der Waals surface area (Å²) in [4.78, 5) is 116. The zero-order chi connectivity index (χ0) is 47.9. The monoisotopic (exact) mass is 899 g/mol. The molecule has 0 fully saturated rings. The predicted molar refractivity (Wildman–Crippen MR) is 230 cm³/mol. The number of nitrogens with one attached hydrogen (secondary N) is 6. The average Bonchev–Trinajstić information content (AvgIpc) is 3.22. The molecule has 0 saturated carbocycles. The maximum absolute atomic E-state index is 14.1. The van der Waals surface area contributed by atoms with Crippen LogP contribution in [0.15, 0.2) is 48.5 Å². The second-order valence-electron chi connectivity index (χ2n) is 15.6. The highest BCUT2D eigenvalue weighted by Crippen LogP contribution is 2.14. The number of rotatable bonds is 29. The number of carboxylic acids is 2. The van der Waals surface area contributed by atoms with Crippen molar-refractivity contribution >= 4 is 53.3 Å². The zero-order valence-corrected chi connectivity index (χ0v) is 35.8. The minimum absolute atomic E-state index is 0.0548. The summed E-state index contributed by atoms with van der Waals surface area (Å²) in [5.41, 5.74) is 17.7. The molecule has 0 saturated heterocycles. The summed E-state index contributed by atoms with van der Waals surface area (Å²) >= 11 is 0. The minimum Gasteiger partial charge on any atom is -0.508 e. The molecule has 7 amide bonds. The van der Waals surface area contributed by atoms with Crippen molar-refractivity contribution < 1.29 is 63.6 Å². The van der Waals surface area contributed by atoms with Crippen LogP contribution in [0.25, 0.3) is 0 Å². The summed E-state index contributed by atoms with van der Waals surface area (Å²) in [5, 5.41) is 53.4. The first-order valence-electron chi connectivity index (χ1n) is 20.7. The molecule has 2 aromatic carbocycles. The molecule has 0 aliphatic carbocycles. The van der Waals surface area contributed by atoms with Gasteiger partial charge >= 0.3 is 11.9 Å². The molecule has 0 aromatic heterocycles. The lowest BCUT2D eigenvalue weighted by Gasteiger charge is -2.27. The average molecular weight is 900 g/mol. The first-order chi connectivity index (χ1) is 30.2. The van der Waals surface area contributed by atoms with Gasteiger partial charge < -0.3 is 69.5 Å². The Morgan fingerprint density at radius 1 is 0.578 bits per heavy atom. The highest BCUT2D eigenvalue weighted by Gasteiger charge is 2.33. The summed E-state index contributed by atoms with van der Waals surface area (Å²) in [6.45, 7) is 3.50. The first-order valence-corrected chi connectivity index (χ1v) is 20.7. The van der Waals surface area contributed by atoms with Gasteiger partial charge in [-0.15, -0.1) is 0 Å². The van der Waals surface area contributed by atoms with E-state index in [9.17, 15) is 63.6 Å². The molecule has 352 valence electrons. The third kappa shape index (κ3) is 20.4. The van der Waals surface area contributed by atoms with Crippen molar-refractivity contribution in [3.05, 3.63) is 59.7 Å². The number of phenolic OH excluding ortho intramolecular Hbond substituents is 2. The molecule has 16 N–H and O–H groups in total. The van der Waals surface area contributed by atoms with Gasteiger partial charge in [0.2, 0.25) is 41.4 Å². The summed E-state index contributed by atoms with van der Waals surface area (Å²) in [7, 11) is 0. The van der Waals surface area contributed by atoms with E-state index in [-0.39, 0.29) is 43.2 Å². The Morgan fingerprint density at radius 2 is 1.02 bits per heavy atom. The van der Waals surface area contributed by atoms with Crippen molar-refractivity contribution in [1.82, 2.24) is 31.9 Å². The van der Waals surface area contributed by atoms with Gasteiger partial charge in [0, 0.05) is 25.7 Å². The van der Waals surface area contributed by atoms with E-state index in [2.05, 4.69) is 31.9 Å². The summed E-state index contributed by atoms with van der Waals surface area (Å²) in [6, 6.07) is 2.56. The van der Waals surface area contributed by atoms with E-state index in [1.165, 1.54) is 48.5 Å². The number of carboxylic acid groups (broad SMARTS) is 2. The van der Waals surface area contributed by atoms with Crippen molar-refractivity contribution in [3.63, 3.8) is 0 Å². The second kappa shape index (κ2) is 27.3. The number of hydrogen-bond acceptors (Lipinski definition) is 13. The molecule has 22 heteroatoms. The number of amides is 7. The normalized spacial score (nSPS) is 13.8. The fourth-order valence-corrected chi connectivity index (χ4v) is 6.25. The van der Waals surface area contributed by atoms with Crippen LogP contribution in [0, 0.1) is 5.92 Å². The van der Waals surface area contributed by atoms with Gasteiger partial charge in [0.15, 0.2) is 0 Å². The van der Waals surface area contributed by atoms with E-state index < -0.39 is 122 Å². The van der Waals surface area contributed by atoms with Crippen LogP contribution in [-0.2, 0) is 56.0 Å². The maximum atomic E-state index is 14.1. The second-order valence-corrected chi connectivity index (χ2v) is 15.6. The van der Waals surface area contributed by atoms with E-state index in [4.69, 9.17) is 17.2 Å². The van der Waals surface area contributed by atoms with Crippen molar-refractivity contribution in [3.8, 4) is 11.5 Å². The van der Waals surface area contributed by atoms with Crippen LogP contribution >= 0.6 is 0 Å². The number of benzene rings is 2. The van der Waals surface area contributed by atoms with Crippen LogP contribution in [-0.4, -0.2) is 123 Å². The lowest BCUT2D eigenvalue weighted by Crippen LogP contribution is -2.59. The fourth-order valence-electron chi connectivity index (χ4n) is 6.25.